The van der Waals surface area contributed by atoms with Crippen LogP contribution in [-0.4, -0.2) is 12.9 Å². The maximum atomic E-state index is 11.9. The van der Waals surface area contributed by atoms with Crippen LogP contribution in [-0.2, 0) is 0 Å². The molecule has 2 nitrogen and oxygen atoms in total. The summed E-state index contributed by atoms with van der Waals surface area (Å²) in [6, 6.07) is 2.68. The van der Waals surface area contributed by atoms with Gasteiger partial charge in [-0.25, -0.2) is 0 Å². The van der Waals surface area contributed by atoms with Crippen LogP contribution in [0.3, 0.4) is 0 Å². The first-order valence-electron chi connectivity index (χ1n) is 3.44. The molecule has 0 fully saturated rings. The standard InChI is InChI=1S/C8H4Br2F2O2/c9-6-4(3-13)1-2-5(7(6)10)14-8(11)12/h1-3,8H. The molecule has 0 N–H and O–H groups in total. The predicted octanol–water partition coefficient (Wildman–Crippen LogP) is 3.63. The molecule has 0 atom stereocenters. The largest absolute Gasteiger partial charge is 0.434 e. The Kier molecular flexibility index (Phi) is 4.00. The van der Waals surface area contributed by atoms with Crippen molar-refractivity contribution in [1.29, 1.82) is 0 Å². The van der Waals surface area contributed by atoms with Crippen LogP contribution in [0.1, 0.15) is 10.4 Å². The second-order valence-electron chi connectivity index (χ2n) is 2.28. The number of hydrogen-bond acceptors (Lipinski definition) is 2. The van der Waals surface area contributed by atoms with Crippen molar-refractivity contribution in [2.45, 2.75) is 6.61 Å². The van der Waals surface area contributed by atoms with Gasteiger partial charge in [-0.3, -0.25) is 4.79 Å². The van der Waals surface area contributed by atoms with Crippen molar-refractivity contribution in [3.8, 4) is 5.75 Å². The van der Waals surface area contributed by atoms with E-state index in [-0.39, 0.29) is 5.75 Å². The first-order chi connectivity index (χ1) is 6.56. The van der Waals surface area contributed by atoms with E-state index in [1.807, 2.05) is 0 Å². The number of benzene rings is 1. The zero-order valence-corrected chi connectivity index (χ0v) is 9.81. The highest BCUT2D eigenvalue weighted by Crippen LogP contribution is 2.35. The summed E-state index contributed by atoms with van der Waals surface area (Å²) in [4.78, 5) is 10.5. The maximum absolute atomic E-state index is 11.9. The number of carbonyl (C=O) groups is 1. The third kappa shape index (κ3) is 2.51. The van der Waals surface area contributed by atoms with Gasteiger partial charge in [0.2, 0.25) is 0 Å². The van der Waals surface area contributed by atoms with E-state index in [0.717, 1.165) is 0 Å². The number of halogens is 4. The SMILES string of the molecule is O=Cc1ccc(OC(F)F)c(Br)c1Br. The lowest BCUT2D eigenvalue weighted by Gasteiger charge is -2.08. The highest BCUT2D eigenvalue weighted by molar-refractivity contribution is 9.13. The Balaban J connectivity index is 3.10. The Morgan fingerprint density at radius 2 is 1.93 bits per heavy atom. The van der Waals surface area contributed by atoms with Gasteiger partial charge in [-0.05, 0) is 44.0 Å². The van der Waals surface area contributed by atoms with E-state index in [1.54, 1.807) is 0 Å². The van der Waals surface area contributed by atoms with Gasteiger partial charge in [0.25, 0.3) is 0 Å². The fourth-order valence-corrected chi connectivity index (χ4v) is 1.70. The average molecular weight is 330 g/mol. The average Bonchev–Trinajstić information content (AvgIpc) is 2.13. The van der Waals surface area contributed by atoms with Crippen LogP contribution in [0, 0.1) is 0 Å². The van der Waals surface area contributed by atoms with Gasteiger partial charge in [0, 0.05) is 10.0 Å². The molecule has 0 aliphatic rings. The minimum atomic E-state index is -2.89. The summed E-state index contributed by atoms with van der Waals surface area (Å²) < 4.78 is 28.7. The zero-order chi connectivity index (χ0) is 10.7. The molecule has 1 aromatic rings. The third-order valence-electron chi connectivity index (χ3n) is 1.42. The van der Waals surface area contributed by atoms with E-state index in [1.165, 1.54) is 12.1 Å². The zero-order valence-electron chi connectivity index (χ0n) is 6.64. The molecule has 0 unspecified atom stereocenters. The van der Waals surface area contributed by atoms with E-state index in [9.17, 15) is 13.6 Å². The topological polar surface area (TPSA) is 26.3 Å². The number of rotatable bonds is 3. The van der Waals surface area contributed by atoms with E-state index in [2.05, 4.69) is 36.6 Å². The fraction of sp³-hybridized carbons (Fsp3) is 0.125. The van der Waals surface area contributed by atoms with Crippen LogP contribution < -0.4 is 4.74 Å². The molecule has 0 aliphatic carbocycles. The van der Waals surface area contributed by atoms with Crippen LogP contribution in [0.5, 0.6) is 5.75 Å². The van der Waals surface area contributed by atoms with Crippen molar-refractivity contribution in [1.82, 2.24) is 0 Å². The van der Waals surface area contributed by atoms with Gasteiger partial charge < -0.3 is 4.74 Å². The highest BCUT2D eigenvalue weighted by atomic mass is 79.9. The quantitative estimate of drug-likeness (QED) is 0.792. The highest BCUT2D eigenvalue weighted by Gasteiger charge is 2.12. The summed E-state index contributed by atoms with van der Waals surface area (Å²) in [6.45, 7) is -2.89. The van der Waals surface area contributed by atoms with E-state index >= 15 is 0 Å². The van der Waals surface area contributed by atoms with E-state index in [4.69, 9.17) is 0 Å². The fourth-order valence-electron chi connectivity index (χ4n) is 0.825. The molecule has 6 heteroatoms. The van der Waals surface area contributed by atoms with Gasteiger partial charge in [0.15, 0.2) is 6.29 Å². The molecule has 0 spiro atoms. The molecular weight excluding hydrogens is 326 g/mol. The number of hydrogen-bond donors (Lipinski definition) is 0. The van der Waals surface area contributed by atoms with Crippen molar-refractivity contribution in [2.24, 2.45) is 0 Å². The first kappa shape index (κ1) is 11.6. The van der Waals surface area contributed by atoms with Crippen LogP contribution >= 0.6 is 31.9 Å². The molecule has 0 bridgehead atoms. The first-order valence-corrected chi connectivity index (χ1v) is 5.03. The smallest absolute Gasteiger partial charge is 0.387 e. The maximum Gasteiger partial charge on any atom is 0.387 e. The minimum absolute atomic E-state index is 0.0162. The van der Waals surface area contributed by atoms with Gasteiger partial charge in [-0.2, -0.15) is 8.78 Å². The Hall–Kier alpha value is -0.490. The number of aldehydes is 1. The summed E-state index contributed by atoms with van der Waals surface area (Å²) >= 11 is 6.11. The van der Waals surface area contributed by atoms with Crippen molar-refractivity contribution >= 4 is 38.1 Å². The molecular formula is C8H4Br2F2O2. The molecule has 14 heavy (non-hydrogen) atoms. The normalized spacial score (nSPS) is 10.4. The lowest BCUT2D eigenvalue weighted by molar-refractivity contribution is -0.0503. The lowest BCUT2D eigenvalue weighted by Crippen LogP contribution is -2.03. The molecule has 0 aromatic heterocycles. The Bertz CT molecular complexity index is 355. The monoisotopic (exact) mass is 328 g/mol. The second-order valence-corrected chi connectivity index (χ2v) is 3.86. The number of ether oxygens (including phenoxy) is 1. The Morgan fingerprint density at radius 1 is 1.29 bits per heavy atom. The molecule has 0 heterocycles. The number of alkyl halides is 2. The van der Waals surface area contributed by atoms with Gasteiger partial charge in [-0.15, -0.1) is 0 Å². The summed E-state index contributed by atoms with van der Waals surface area (Å²) in [5.41, 5.74) is 0.360. The molecule has 0 saturated heterocycles. The van der Waals surface area contributed by atoms with Crippen LogP contribution in [0.15, 0.2) is 21.1 Å². The summed E-state index contributed by atoms with van der Waals surface area (Å²) in [7, 11) is 0. The van der Waals surface area contributed by atoms with Gasteiger partial charge in [-0.1, -0.05) is 0 Å². The summed E-state index contributed by atoms with van der Waals surface area (Å²) in [6.07, 6.45) is 0.612. The second kappa shape index (κ2) is 4.84. The number of carbonyl (C=O) groups excluding carboxylic acids is 1. The van der Waals surface area contributed by atoms with Crippen LogP contribution in [0.25, 0.3) is 0 Å². The van der Waals surface area contributed by atoms with Gasteiger partial charge in [0.1, 0.15) is 5.75 Å². The molecule has 0 aliphatic heterocycles. The van der Waals surface area contributed by atoms with Crippen LogP contribution in [0.4, 0.5) is 8.78 Å². The van der Waals surface area contributed by atoms with Gasteiger partial charge in [0.05, 0.1) is 4.47 Å². The predicted molar refractivity (Wildman–Crippen MR) is 53.9 cm³/mol. The van der Waals surface area contributed by atoms with Crippen molar-refractivity contribution in [3.05, 3.63) is 26.6 Å². The third-order valence-corrected chi connectivity index (χ3v) is 3.59. The minimum Gasteiger partial charge on any atom is -0.434 e. The molecule has 76 valence electrons. The Morgan fingerprint density at radius 3 is 2.43 bits per heavy atom. The van der Waals surface area contributed by atoms with E-state index in [0.29, 0.717) is 20.8 Å². The molecule has 0 radical (unpaired) electrons. The van der Waals surface area contributed by atoms with Crippen molar-refractivity contribution in [3.63, 3.8) is 0 Å². The van der Waals surface area contributed by atoms with Gasteiger partial charge >= 0.3 is 6.61 Å². The molecule has 0 amide bonds. The van der Waals surface area contributed by atoms with Crippen LogP contribution in [0.2, 0.25) is 0 Å². The summed E-state index contributed by atoms with van der Waals surface area (Å²) in [5.74, 6) is -0.0162. The molecule has 0 saturated carbocycles. The summed E-state index contributed by atoms with van der Waals surface area (Å²) in [5, 5.41) is 0. The molecule has 1 rings (SSSR count). The molecule has 1 aromatic carbocycles. The van der Waals surface area contributed by atoms with Crippen molar-refractivity contribution < 1.29 is 18.3 Å². The lowest BCUT2D eigenvalue weighted by atomic mass is 10.2. The van der Waals surface area contributed by atoms with Crippen molar-refractivity contribution in [2.75, 3.05) is 0 Å². The van der Waals surface area contributed by atoms with E-state index < -0.39 is 6.61 Å². The Labute approximate surface area is 95.5 Å².